The number of hydrogen-bond donors (Lipinski definition) is 2. The summed E-state index contributed by atoms with van der Waals surface area (Å²) in [6.45, 7) is 1.91. The second-order valence-corrected chi connectivity index (χ2v) is 6.60. The van der Waals surface area contributed by atoms with E-state index >= 15 is 0 Å². The number of amides is 1. The molecule has 1 aliphatic rings. The molecule has 0 radical (unpaired) electrons. The van der Waals surface area contributed by atoms with Gasteiger partial charge < -0.3 is 15.4 Å². The summed E-state index contributed by atoms with van der Waals surface area (Å²) in [5.74, 6) is 0.889. The number of nitrogens with zero attached hydrogens (tertiary/aromatic N) is 3. The molecule has 1 aromatic carbocycles. The maximum Gasteiger partial charge on any atom is 0.221 e. The van der Waals surface area contributed by atoms with Crippen molar-refractivity contribution >= 4 is 17.4 Å². The van der Waals surface area contributed by atoms with E-state index in [1.165, 1.54) is 0 Å². The Kier molecular flexibility index (Phi) is 5.29. The number of aromatic nitrogens is 3. The van der Waals surface area contributed by atoms with Crippen LogP contribution in [0, 0.1) is 0 Å². The van der Waals surface area contributed by atoms with Crippen molar-refractivity contribution in [2.24, 2.45) is 0 Å². The summed E-state index contributed by atoms with van der Waals surface area (Å²) >= 11 is 0. The molecule has 1 amide bonds. The van der Waals surface area contributed by atoms with E-state index in [0.29, 0.717) is 19.5 Å². The molecule has 0 spiro atoms. The topological polar surface area (TPSA) is 80.6 Å². The molecule has 4 rings (SSSR count). The van der Waals surface area contributed by atoms with Gasteiger partial charge in [-0.05, 0) is 12.8 Å². The Bertz CT molecular complexity index is 903. The van der Waals surface area contributed by atoms with Crippen molar-refractivity contribution in [1.29, 1.82) is 0 Å². The van der Waals surface area contributed by atoms with Crippen LogP contribution < -0.4 is 10.6 Å². The fraction of sp³-hybridized carbons (Fsp3) is 0.350. The van der Waals surface area contributed by atoms with Crippen molar-refractivity contribution in [2.75, 3.05) is 25.0 Å². The lowest BCUT2D eigenvalue weighted by Gasteiger charge is -2.12. The summed E-state index contributed by atoms with van der Waals surface area (Å²) in [5.41, 5.74) is 2.64. The molecule has 0 aliphatic carbocycles. The number of nitrogens with one attached hydrogen (secondary N) is 2. The Morgan fingerprint density at radius 1 is 1.30 bits per heavy atom. The van der Waals surface area contributed by atoms with E-state index in [2.05, 4.69) is 15.6 Å². The first-order valence-electron chi connectivity index (χ1n) is 9.31. The number of carbonyl (C=O) groups excluding carboxylic acids is 1. The van der Waals surface area contributed by atoms with E-state index in [9.17, 15) is 4.79 Å². The zero-order chi connectivity index (χ0) is 18.5. The van der Waals surface area contributed by atoms with Gasteiger partial charge in [0.15, 0.2) is 5.65 Å². The summed E-state index contributed by atoms with van der Waals surface area (Å²) < 4.78 is 7.49. The van der Waals surface area contributed by atoms with Crippen molar-refractivity contribution in [3.8, 4) is 11.3 Å². The Balaban J connectivity index is 1.42. The molecule has 7 nitrogen and oxygen atoms in total. The van der Waals surface area contributed by atoms with Crippen LogP contribution in [0.25, 0.3) is 16.9 Å². The van der Waals surface area contributed by atoms with Crippen molar-refractivity contribution in [1.82, 2.24) is 19.7 Å². The fourth-order valence-electron chi connectivity index (χ4n) is 3.29. The summed E-state index contributed by atoms with van der Waals surface area (Å²) in [5, 5.41) is 6.33. The molecule has 7 heteroatoms. The Hall–Kier alpha value is -2.93. The van der Waals surface area contributed by atoms with Crippen LogP contribution in [0.1, 0.15) is 19.3 Å². The molecular formula is C20H23N5O2. The van der Waals surface area contributed by atoms with Crippen LogP contribution in [-0.4, -0.2) is 46.1 Å². The van der Waals surface area contributed by atoms with Crippen molar-refractivity contribution in [3.63, 3.8) is 0 Å². The molecule has 2 aromatic heterocycles. The first kappa shape index (κ1) is 17.5. The monoisotopic (exact) mass is 365 g/mol. The minimum Gasteiger partial charge on any atom is -0.376 e. The third-order valence-electron chi connectivity index (χ3n) is 4.67. The maximum absolute atomic E-state index is 12.1. The number of ether oxygens (including phenoxy) is 1. The third-order valence-corrected chi connectivity index (χ3v) is 4.67. The van der Waals surface area contributed by atoms with E-state index < -0.39 is 0 Å². The minimum atomic E-state index is 0.0229. The third kappa shape index (κ3) is 4.09. The second-order valence-electron chi connectivity index (χ2n) is 6.60. The van der Waals surface area contributed by atoms with Gasteiger partial charge >= 0.3 is 0 Å². The smallest absolute Gasteiger partial charge is 0.221 e. The molecule has 140 valence electrons. The predicted molar refractivity (Wildman–Crippen MR) is 104 cm³/mol. The normalized spacial score (nSPS) is 16.5. The summed E-state index contributed by atoms with van der Waals surface area (Å²) in [6.07, 6.45) is 7.98. The molecule has 2 N–H and O–H groups in total. The number of carbonyl (C=O) groups is 1. The SMILES string of the molecule is O=C(CCNc1c(-c2ccccc2)nc2cnccn12)NC[C@H]1CCCO1. The second kappa shape index (κ2) is 8.18. The van der Waals surface area contributed by atoms with Gasteiger partial charge in [0.25, 0.3) is 0 Å². The lowest BCUT2D eigenvalue weighted by atomic mass is 10.1. The lowest BCUT2D eigenvalue weighted by Crippen LogP contribution is -2.32. The molecule has 0 unspecified atom stereocenters. The minimum absolute atomic E-state index is 0.0229. The maximum atomic E-state index is 12.1. The standard InChI is InChI=1S/C20H23N5O2/c26-18(23-13-16-7-4-12-27-16)8-9-22-20-19(15-5-2-1-3-6-15)24-17-14-21-10-11-25(17)20/h1-3,5-6,10-11,14,16,22H,4,7-9,12-13H2,(H,23,26)/t16-/m1/s1. The molecule has 0 saturated carbocycles. The molecule has 27 heavy (non-hydrogen) atoms. The first-order chi connectivity index (χ1) is 13.3. The van der Waals surface area contributed by atoms with Gasteiger partial charge in [-0.1, -0.05) is 30.3 Å². The van der Waals surface area contributed by atoms with Gasteiger partial charge in [-0.2, -0.15) is 0 Å². The zero-order valence-electron chi connectivity index (χ0n) is 15.1. The summed E-state index contributed by atoms with van der Waals surface area (Å²) in [4.78, 5) is 20.9. The van der Waals surface area contributed by atoms with Gasteiger partial charge in [-0.15, -0.1) is 0 Å². The highest BCUT2D eigenvalue weighted by molar-refractivity contribution is 5.78. The number of benzene rings is 1. The van der Waals surface area contributed by atoms with Gasteiger partial charge in [0.2, 0.25) is 5.91 Å². The molecule has 3 heterocycles. The van der Waals surface area contributed by atoms with Crippen molar-refractivity contribution in [2.45, 2.75) is 25.4 Å². The molecule has 1 aliphatic heterocycles. The van der Waals surface area contributed by atoms with Crippen LogP contribution in [0.4, 0.5) is 5.82 Å². The zero-order valence-corrected chi connectivity index (χ0v) is 15.1. The molecular weight excluding hydrogens is 342 g/mol. The largest absolute Gasteiger partial charge is 0.376 e. The Labute approximate surface area is 157 Å². The lowest BCUT2D eigenvalue weighted by molar-refractivity contribution is -0.121. The Morgan fingerprint density at radius 2 is 2.19 bits per heavy atom. The number of rotatable bonds is 7. The number of anilines is 1. The van der Waals surface area contributed by atoms with E-state index in [-0.39, 0.29) is 12.0 Å². The van der Waals surface area contributed by atoms with E-state index in [4.69, 9.17) is 9.72 Å². The summed E-state index contributed by atoms with van der Waals surface area (Å²) in [7, 11) is 0. The van der Waals surface area contributed by atoms with Crippen LogP contribution in [0.3, 0.4) is 0 Å². The van der Waals surface area contributed by atoms with E-state index in [1.54, 1.807) is 12.4 Å². The average molecular weight is 365 g/mol. The highest BCUT2D eigenvalue weighted by atomic mass is 16.5. The van der Waals surface area contributed by atoms with Crippen molar-refractivity contribution < 1.29 is 9.53 Å². The van der Waals surface area contributed by atoms with Gasteiger partial charge in [-0.25, -0.2) is 4.98 Å². The molecule has 1 fully saturated rings. The van der Waals surface area contributed by atoms with Gasteiger partial charge in [0.05, 0.1) is 12.3 Å². The fourth-order valence-corrected chi connectivity index (χ4v) is 3.29. The number of hydrogen-bond acceptors (Lipinski definition) is 5. The van der Waals surface area contributed by atoms with Crippen molar-refractivity contribution in [3.05, 3.63) is 48.9 Å². The molecule has 3 aromatic rings. The average Bonchev–Trinajstić information content (AvgIpc) is 3.35. The number of fused-ring (bicyclic) bond motifs is 1. The first-order valence-corrected chi connectivity index (χ1v) is 9.31. The Morgan fingerprint density at radius 3 is 3.00 bits per heavy atom. The highest BCUT2D eigenvalue weighted by Gasteiger charge is 2.17. The van der Waals surface area contributed by atoms with Gasteiger partial charge in [0.1, 0.15) is 11.5 Å². The quantitative estimate of drug-likeness (QED) is 0.672. The predicted octanol–water partition coefficient (Wildman–Crippen LogP) is 2.49. The van der Waals surface area contributed by atoms with E-state index in [1.807, 2.05) is 40.9 Å². The molecule has 1 saturated heterocycles. The van der Waals surface area contributed by atoms with Gasteiger partial charge in [-0.3, -0.25) is 14.2 Å². The molecule has 0 bridgehead atoms. The van der Waals surface area contributed by atoms with E-state index in [0.717, 1.165) is 42.2 Å². The summed E-state index contributed by atoms with van der Waals surface area (Å²) in [6, 6.07) is 10.00. The molecule has 1 atom stereocenters. The highest BCUT2D eigenvalue weighted by Crippen LogP contribution is 2.28. The van der Waals surface area contributed by atoms with Crippen LogP contribution in [0.2, 0.25) is 0 Å². The van der Waals surface area contributed by atoms with Crippen LogP contribution in [0.15, 0.2) is 48.9 Å². The van der Waals surface area contributed by atoms with Crippen LogP contribution >= 0.6 is 0 Å². The van der Waals surface area contributed by atoms with Gasteiger partial charge in [0, 0.05) is 44.1 Å². The van der Waals surface area contributed by atoms with Crippen LogP contribution in [-0.2, 0) is 9.53 Å². The van der Waals surface area contributed by atoms with Crippen LogP contribution in [0.5, 0.6) is 0 Å². The number of imidazole rings is 1.